The van der Waals surface area contributed by atoms with Crippen molar-refractivity contribution in [3.63, 3.8) is 0 Å². The second kappa shape index (κ2) is 5.54. The van der Waals surface area contributed by atoms with E-state index in [0.717, 1.165) is 18.5 Å². The standard InChI is InChI=1S/C13H16F3N/c14-12-5-3-10(4-6-12)8-17-7-1-2-11(9-17)13(15)16/h3-6,11,13H,1-2,7-9H2/t11-/m0/s1. The first-order valence-electron chi connectivity index (χ1n) is 5.90. The van der Waals surface area contributed by atoms with Crippen LogP contribution in [0.1, 0.15) is 18.4 Å². The summed E-state index contributed by atoms with van der Waals surface area (Å²) in [5, 5.41) is 0. The van der Waals surface area contributed by atoms with Crippen LogP contribution in [-0.2, 0) is 6.54 Å². The van der Waals surface area contributed by atoms with Gasteiger partial charge in [-0.1, -0.05) is 12.1 Å². The predicted octanol–water partition coefficient (Wildman–Crippen LogP) is 3.30. The van der Waals surface area contributed by atoms with Crippen LogP contribution in [0, 0.1) is 11.7 Å². The van der Waals surface area contributed by atoms with Gasteiger partial charge in [-0.2, -0.15) is 0 Å². The molecule has 2 rings (SSSR count). The van der Waals surface area contributed by atoms with Crippen molar-refractivity contribution in [2.24, 2.45) is 5.92 Å². The van der Waals surface area contributed by atoms with Gasteiger partial charge in [0.25, 0.3) is 0 Å². The van der Waals surface area contributed by atoms with Crippen LogP contribution < -0.4 is 0 Å². The normalized spacial score (nSPS) is 22.0. The zero-order valence-corrected chi connectivity index (χ0v) is 9.58. The summed E-state index contributed by atoms with van der Waals surface area (Å²) in [4.78, 5) is 2.02. The molecule has 1 aromatic rings. The van der Waals surface area contributed by atoms with Crippen molar-refractivity contribution < 1.29 is 13.2 Å². The highest BCUT2D eigenvalue weighted by atomic mass is 19.3. The quantitative estimate of drug-likeness (QED) is 0.787. The van der Waals surface area contributed by atoms with Gasteiger partial charge in [-0.15, -0.1) is 0 Å². The molecule has 17 heavy (non-hydrogen) atoms. The lowest BCUT2D eigenvalue weighted by atomic mass is 9.98. The molecule has 1 aliphatic rings. The van der Waals surface area contributed by atoms with Crippen LogP contribution >= 0.6 is 0 Å². The Balaban J connectivity index is 1.92. The highest BCUT2D eigenvalue weighted by molar-refractivity contribution is 5.15. The van der Waals surface area contributed by atoms with Crippen LogP contribution in [0.4, 0.5) is 13.2 Å². The largest absolute Gasteiger partial charge is 0.299 e. The van der Waals surface area contributed by atoms with Crippen LogP contribution in [0.2, 0.25) is 0 Å². The fourth-order valence-corrected chi connectivity index (χ4v) is 2.29. The SMILES string of the molecule is Fc1ccc(CN2CCC[C@H](C(F)F)C2)cc1. The van der Waals surface area contributed by atoms with E-state index in [1.54, 1.807) is 12.1 Å². The molecular weight excluding hydrogens is 227 g/mol. The van der Waals surface area contributed by atoms with E-state index in [-0.39, 0.29) is 5.82 Å². The van der Waals surface area contributed by atoms with Crippen molar-refractivity contribution in [3.05, 3.63) is 35.6 Å². The zero-order chi connectivity index (χ0) is 12.3. The lowest BCUT2D eigenvalue weighted by Gasteiger charge is -2.32. The molecule has 1 saturated heterocycles. The Morgan fingerprint density at radius 3 is 2.59 bits per heavy atom. The first-order valence-corrected chi connectivity index (χ1v) is 5.90. The topological polar surface area (TPSA) is 3.24 Å². The lowest BCUT2D eigenvalue weighted by molar-refractivity contribution is 0.0253. The minimum absolute atomic E-state index is 0.266. The molecule has 0 N–H and O–H groups in total. The third kappa shape index (κ3) is 3.46. The number of rotatable bonds is 3. The minimum atomic E-state index is -2.23. The Morgan fingerprint density at radius 1 is 1.24 bits per heavy atom. The molecule has 0 radical (unpaired) electrons. The van der Waals surface area contributed by atoms with E-state index in [0.29, 0.717) is 19.5 Å². The number of likely N-dealkylation sites (tertiary alicyclic amines) is 1. The van der Waals surface area contributed by atoms with E-state index in [4.69, 9.17) is 0 Å². The average Bonchev–Trinajstić information content (AvgIpc) is 2.32. The minimum Gasteiger partial charge on any atom is -0.299 e. The second-order valence-corrected chi connectivity index (χ2v) is 4.60. The summed E-state index contributed by atoms with van der Waals surface area (Å²) in [5.74, 6) is -0.776. The van der Waals surface area contributed by atoms with Crippen molar-refractivity contribution in [2.75, 3.05) is 13.1 Å². The molecule has 1 heterocycles. The molecule has 4 heteroatoms. The van der Waals surface area contributed by atoms with E-state index in [1.807, 2.05) is 4.90 Å². The van der Waals surface area contributed by atoms with Gasteiger partial charge in [0.15, 0.2) is 0 Å². The number of piperidine rings is 1. The highest BCUT2D eigenvalue weighted by Crippen LogP contribution is 2.23. The molecule has 0 aliphatic carbocycles. The third-order valence-electron chi connectivity index (χ3n) is 3.22. The van der Waals surface area contributed by atoms with Crippen molar-refractivity contribution >= 4 is 0 Å². The van der Waals surface area contributed by atoms with Gasteiger partial charge < -0.3 is 0 Å². The molecule has 0 aromatic heterocycles. The van der Waals surface area contributed by atoms with Gasteiger partial charge in [-0.25, -0.2) is 13.2 Å². The third-order valence-corrected chi connectivity index (χ3v) is 3.22. The fraction of sp³-hybridized carbons (Fsp3) is 0.538. The summed E-state index contributed by atoms with van der Waals surface area (Å²) >= 11 is 0. The van der Waals surface area contributed by atoms with Gasteiger partial charge in [0.2, 0.25) is 6.43 Å². The van der Waals surface area contributed by atoms with Gasteiger partial charge in [0.1, 0.15) is 5.82 Å². The molecule has 0 unspecified atom stereocenters. The molecule has 0 spiro atoms. The molecule has 94 valence electrons. The van der Waals surface area contributed by atoms with Gasteiger partial charge in [0, 0.05) is 19.0 Å². The van der Waals surface area contributed by atoms with Crippen LogP contribution in [-0.4, -0.2) is 24.4 Å². The Morgan fingerprint density at radius 2 is 1.94 bits per heavy atom. The summed E-state index contributed by atoms with van der Waals surface area (Å²) in [5.41, 5.74) is 0.973. The van der Waals surface area contributed by atoms with Crippen molar-refractivity contribution in [1.82, 2.24) is 4.90 Å². The van der Waals surface area contributed by atoms with Crippen LogP contribution in [0.25, 0.3) is 0 Å². The van der Waals surface area contributed by atoms with E-state index in [1.165, 1.54) is 12.1 Å². The van der Waals surface area contributed by atoms with Gasteiger partial charge in [-0.05, 0) is 37.1 Å². The van der Waals surface area contributed by atoms with Crippen LogP contribution in [0.3, 0.4) is 0 Å². The monoisotopic (exact) mass is 243 g/mol. The van der Waals surface area contributed by atoms with Crippen molar-refractivity contribution in [3.8, 4) is 0 Å². The fourth-order valence-electron chi connectivity index (χ4n) is 2.29. The maximum atomic E-state index is 12.7. The molecule has 1 fully saturated rings. The molecule has 1 aliphatic heterocycles. The van der Waals surface area contributed by atoms with Gasteiger partial charge >= 0.3 is 0 Å². The number of hydrogen-bond acceptors (Lipinski definition) is 1. The number of benzene rings is 1. The maximum Gasteiger partial charge on any atom is 0.242 e. The predicted molar refractivity (Wildman–Crippen MR) is 60.4 cm³/mol. The molecule has 0 amide bonds. The van der Waals surface area contributed by atoms with Gasteiger partial charge in [0.05, 0.1) is 0 Å². The molecular formula is C13H16F3N. The summed E-state index contributed by atoms with van der Waals surface area (Å²) in [6, 6.07) is 6.23. The smallest absolute Gasteiger partial charge is 0.242 e. The van der Waals surface area contributed by atoms with Gasteiger partial charge in [-0.3, -0.25) is 4.90 Å². The number of nitrogens with zero attached hydrogens (tertiary/aromatic N) is 1. The number of hydrogen-bond donors (Lipinski definition) is 0. The number of halogens is 3. The summed E-state index contributed by atoms with van der Waals surface area (Å²) in [7, 11) is 0. The molecule has 1 atom stereocenters. The average molecular weight is 243 g/mol. The highest BCUT2D eigenvalue weighted by Gasteiger charge is 2.26. The van der Waals surface area contributed by atoms with E-state index >= 15 is 0 Å². The van der Waals surface area contributed by atoms with Crippen molar-refractivity contribution in [1.29, 1.82) is 0 Å². The Hall–Kier alpha value is -1.03. The maximum absolute atomic E-state index is 12.7. The van der Waals surface area contributed by atoms with Crippen molar-refractivity contribution in [2.45, 2.75) is 25.8 Å². The molecule has 0 bridgehead atoms. The number of alkyl halides is 2. The molecule has 0 saturated carbocycles. The van der Waals surface area contributed by atoms with E-state index in [2.05, 4.69) is 0 Å². The van der Waals surface area contributed by atoms with E-state index < -0.39 is 12.3 Å². The first-order chi connectivity index (χ1) is 8.15. The summed E-state index contributed by atoms with van der Waals surface area (Å²) < 4.78 is 37.9. The van der Waals surface area contributed by atoms with E-state index in [9.17, 15) is 13.2 Å². The Kier molecular flexibility index (Phi) is 4.05. The Bertz CT molecular complexity index is 350. The van der Waals surface area contributed by atoms with Crippen LogP contribution in [0.5, 0.6) is 0 Å². The lowest BCUT2D eigenvalue weighted by Crippen LogP contribution is -2.37. The molecule has 1 nitrogen and oxygen atoms in total. The summed E-state index contributed by atoms with van der Waals surface area (Å²) in [6.45, 7) is 1.92. The summed E-state index contributed by atoms with van der Waals surface area (Å²) in [6.07, 6.45) is -0.806. The Labute approximate surface area is 99.2 Å². The molecule has 1 aromatic carbocycles. The second-order valence-electron chi connectivity index (χ2n) is 4.60. The first kappa shape index (κ1) is 12.4. The zero-order valence-electron chi connectivity index (χ0n) is 9.58. The van der Waals surface area contributed by atoms with Crippen LogP contribution in [0.15, 0.2) is 24.3 Å².